The van der Waals surface area contributed by atoms with Crippen molar-refractivity contribution in [2.24, 2.45) is 0 Å². The molecule has 0 bridgehead atoms. The van der Waals surface area contributed by atoms with Gasteiger partial charge in [-0.3, -0.25) is 9.97 Å². The van der Waals surface area contributed by atoms with E-state index in [-0.39, 0.29) is 0 Å². The molecule has 4 heteroatoms. The Hall–Kier alpha value is -6.44. The van der Waals surface area contributed by atoms with Crippen molar-refractivity contribution < 1.29 is 0 Å². The van der Waals surface area contributed by atoms with Crippen LogP contribution in [0.5, 0.6) is 0 Å². The number of nitrogens with zero attached hydrogens (tertiary/aromatic N) is 4. The first kappa shape index (κ1) is 27.1. The summed E-state index contributed by atoms with van der Waals surface area (Å²) >= 11 is 0. The van der Waals surface area contributed by atoms with Crippen molar-refractivity contribution in [1.82, 2.24) is 15.0 Å². The van der Waals surface area contributed by atoms with E-state index in [2.05, 4.69) is 101 Å². The zero-order chi connectivity index (χ0) is 30.9. The number of aromatic nitrogens is 3. The minimum absolute atomic E-state index is 0.647. The first-order chi connectivity index (χ1) is 22.7. The molecule has 0 radical (unpaired) electrons. The van der Waals surface area contributed by atoms with E-state index in [9.17, 15) is 5.26 Å². The van der Waals surface area contributed by atoms with Crippen LogP contribution in [0.25, 0.3) is 77.7 Å². The van der Waals surface area contributed by atoms with Gasteiger partial charge in [-0.15, -0.1) is 0 Å². The highest BCUT2D eigenvalue weighted by molar-refractivity contribution is 6.06. The van der Waals surface area contributed by atoms with Gasteiger partial charge in [0.2, 0.25) is 0 Å². The Balaban J connectivity index is 1.35. The van der Waals surface area contributed by atoms with Crippen LogP contribution in [0.2, 0.25) is 0 Å². The number of rotatable bonds is 5. The Bertz CT molecular complexity index is 2350. The van der Waals surface area contributed by atoms with Gasteiger partial charge in [-0.05, 0) is 110 Å². The monoisotopic (exact) mass is 586 g/mol. The normalized spacial score (nSPS) is 11.0. The maximum Gasteiger partial charge on any atom is 0.0991 e. The Morgan fingerprint density at radius 2 is 1.07 bits per heavy atom. The molecule has 0 spiro atoms. The van der Waals surface area contributed by atoms with E-state index >= 15 is 0 Å². The van der Waals surface area contributed by atoms with Crippen LogP contribution in [0.4, 0.5) is 0 Å². The maximum absolute atomic E-state index is 9.43. The van der Waals surface area contributed by atoms with Gasteiger partial charge in [0.15, 0.2) is 0 Å². The molecular weight excluding hydrogens is 560 g/mol. The summed E-state index contributed by atoms with van der Waals surface area (Å²) in [4.78, 5) is 14.2. The third kappa shape index (κ3) is 4.96. The van der Waals surface area contributed by atoms with Crippen LogP contribution in [0.1, 0.15) is 5.56 Å². The zero-order valence-corrected chi connectivity index (χ0v) is 24.8. The van der Waals surface area contributed by atoms with Gasteiger partial charge in [0, 0.05) is 12.4 Å². The van der Waals surface area contributed by atoms with Crippen LogP contribution in [0, 0.1) is 11.3 Å². The Morgan fingerprint density at radius 1 is 0.435 bits per heavy atom. The molecule has 214 valence electrons. The van der Waals surface area contributed by atoms with Crippen LogP contribution in [0.15, 0.2) is 158 Å². The summed E-state index contributed by atoms with van der Waals surface area (Å²) in [5.74, 6) is 0. The average molecular weight is 587 g/mol. The van der Waals surface area contributed by atoms with Crippen molar-refractivity contribution in [2.75, 3.05) is 0 Å². The van der Waals surface area contributed by atoms with Crippen LogP contribution >= 0.6 is 0 Å². The predicted octanol–water partition coefficient (Wildman–Crippen LogP) is 10.4. The Morgan fingerprint density at radius 3 is 1.76 bits per heavy atom. The Labute approximate surface area is 266 Å². The number of hydrogen-bond donors (Lipinski definition) is 0. The molecule has 0 fully saturated rings. The molecule has 0 N–H and O–H groups in total. The molecule has 46 heavy (non-hydrogen) atoms. The van der Waals surface area contributed by atoms with Crippen molar-refractivity contribution in [1.29, 1.82) is 5.26 Å². The van der Waals surface area contributed by atoms with Crippen LogP contribution in [-0.4, -0.2) is 15.0 Å². The molecule has 0 atom stereocenters. The minimum Gasteiger partial charge on any atom is -0.255 e. The fraction of sp³-hybridized carbons (Fsp3) is 0. The molecule has 0 amide bonds. The number of fused-ring (bicyclic) bond motifs is 2. The second-order valence-corrected chi connectivity index (χ2v) is 11.2. The lowest BCUT2D eigenvalue weighted by Crippen LogP contribution is -1.94. The molecular formula is C42H26N4. The van der Waals surface area contributed by atoms with Gasteiger partial charge in [-0.2, -0.15) is 5.26 Å². The summed E-state index contributed by atoms with van der Waals surface area (Å²) < 4.78 is 0. The van der Waals surface area contributed by atoms with Crippen LogP contribution < -0.4 is 0 Å². The summed E-state index contributed by atoms with van der Waals surface area (Å²) in [5.41, 5.74) is 10.5. The lowest BCUT2D eigenvalue weighted by Gasteiger charge is -2.16. The van der Waals surface area contributed by atoms with Crippen molar-refractivity contribution in [3.63, 3.8) is 0 Å². The standard InChI is InChI=1S/C42H26N4/c43-27-28-14-16-31(17-15-28)42-35-10-2-1-8-29(35)20-21-36(42)32-19-18-30-9-7-11-34(37(30)24-32)33-25-40(38-12-3-5-22-44-38)46-41(26-33)39-13-4-6-23-45-39/h1-26H. The molecule has 3 heterocycles. The van der Waals surface area contributed by atoms with Gasteiger partial charge in [0.25, 0.3) is 0 Å². The fourth-order valence-electron chi connectivity index (χ4n) is 6.20. The summed E-state index contributed by atoms with van der Waals surface area (Å²) in [6.45, 7) is 0. The first-order valence-electron chi connectivity index (χ1n) is 15.2. The fourth-order valence-corrected chi connectivity index (χ4v) is 6.20. The third-order valence-corrected chi connectivity index (χ3v) is 8.42. The SMILES string of the molecule is N#Cc1ccc(-c2c(-c3ccc4cccc(-c5cc(-c6ccccn6)nc(-c6ccccn6)c5)c4c3)ccc3ccccc23)cc1. The Kier molecular flexibility index (Phi) is 6.83. The molecule has 0 aliphatic carbocycles. The van der Waals surface area contributed by atoms with E-state index in [4.69, 9.17) is 4.98 Å². The summed E-state index contributed by atoms with van der Waals surface area (Å²) in [6, 6.07) is 52.1. The van der Waals surface area contributed by atoms with Gasteiger partial charge in [0.1, 0.15) is 0 Å². The lowest BCUT2D eigenvalue weighted by atomic mass is 9.88. The number of hydrogen-bond acceptors (Lipinski definition) is 4. The highest BCUT2D eigenvalue weighted by Crippen LogP contribution is 2.41. The van der Waals surface area contributed by atoms with Gasteiger partial charge >= 0.3 is 0 Å². The summed E-state index contributed by atoms with van der Waals surface area (Å²) in [5, 5.41) is 14.1. The number of pyridine rings is 3. The van der Waals surface area contributed by atoms with Crippen molar-refractivity contribution in [3.8, 4) is 62.2 Å². The predicted molar refractivity (Wildman–Crippen MR) is 187 cm³/mol. The largest absolute Gasteiger partial charge is 0.255 e. The van der Waals surface area contributed by atoms with Gasteiger partial charge in [0.05, 0.1) is 34.4 Å². The average Bonchev–Trinajstić information content (AvgIpc) is 3.14. The van der Waals surface area contributed by atoms with E-state index in [0.29, 0.717) is 5.56 Å². The molecule has 3 aromatic heterocycles. The maximum atomic E-state index is 9.43. The van der Waals surface area contributed by atoms with Crippen molar-refractivity contribution >= 4 is 21.5 Å². The van der Waals surface area contributed by atoms with E-state index < -0.39 is 0 Å². The molecule has 8 rings (SSSR count). The van der Waals surface area contributed by atoms with Crippen LogP contribution in [-0.2, 0) is 0 Å². The summed E-state index contributed by atoms with van der Waals surface area (Å²) in [7, 11) is 0. The highest BCUT2D eigenvalue weighted by Gasteiger charge is 2.16. The van der Waals surface area contributed by atoms with Crippen LogP contribution in [0.3, 0.4) is 0 Å². The smallest absolute Gasteiger partial charge is 0.0991 e. The van der Waals surface area contributed by atoms with Gasteiger partial charge < -0.3 is 0 Å². The summed E-state index contributed by atoms with van der Waals surface area (Å²) in [6.07, 6.45) is 3.59. The van der Waals surface area contributed by atoms with E-state index in [1.165, 1.54) is 10.8 Å². The van der Waals surface area contributed by atoms with Gasteiger partial charge in [-0.1, -0.05) is 91.0 Å². The first-order valence-corrected chi connectivity index (χ1v) is 15.2. The molecule has 0 aliphatic heterocycles. The van der Waals surface area contributed by atoms with Crippen molar-refractivity contribution in [3.05, 3.63) is 164 Å². The molecule has 5 aromatic carbocycles. The zero-order valence-electron chi connectivity index (χ0n) is 24.8. The lowest BCUT2D eigenvalue weighted by molar-refractivity contribution is 1.22. The second-order valence-electron chi connectivity index (χ2n) is 11.2. The van der Waals surface area contributed by atoms with Gasteiger partial charge in [-0.25, -0.2) is 4.98 Å². The van der Waals surface area contributed by atoms with E-state index in [0.717, 1.165) is 66.9 Å². The number of nitriles is 1. The molecule has 0 aliphatic rings. The van der Waals surface area contributed by atoms with E-state index in [1.807, 2.05) is 60.7 Å². The second kappa shape index (κ2) is 11.6. The third-order valence-electron chi connectivity index (χ3n) is 8.42. The highest BCUT2D eigenvalue weighted by atomic mass is 14.8. The minimum atomic E-state index is 0.647. The molecule has 8 aromatic rings. The molecule has 4 nitrogen and oxygen atoms in total. The topological polar surface area (TPSA) is 62.5 Å². The molecule has 0 saturated heterocycles. The molecule has 0 saturated carbocycles. The quantitative estimate of drug-likeness (QED) is 0.201. The molecule has 0 unspecified atom stereocenters. The van der Waals surface area contributed by atoms with Crippen molar-refractivity contribution in [2.45, 2.75) is 0 Å². The number of benzene rings is 5. The van der Waals surface area contributed by atoms with E-state index in [1.54, 1.807) is 12.4 Å².